The van der Waals surface area contributed by atoms with E-state index in [1.54, 1.807) is 18.6 Å². The fraction of sp³-hybridized carbons (Fsp3) is 0.0417. The molecule has 140 valence electrons. The molecule has 5 nitrogen and oxygen atoms in total. The number of ether oxygens (including phenoxy) is 1. The molecule has 0 saturated heterocycles. The molecule has 0 aliphatic heterocycles. The van der Waals surface area contributed by atoms with E-state index in [9.17, 15) is 0 Å². The highest BCUT2D eigenvalue weighted by atomic mass is 16.5. The van der Waals surface area contributed by atoms with E-state index in [-0.39, 0.29) is 0 Å². The van der Waals surface area contributed by atoms with Gasteiger partial charge in [-0.1, -0.05) is 24.3 Å². The monoisotopic (exact) mass is 378 g/mol. The van der Waals surface area contributed by atoms with Crippen LogP contribution >= 0.6 is 0 Å². The first-order chi connectivity index (χ1) is 14.4. The Morgan fingerprint density at radius 1 is 0.759 bits per heavy atom. The highest BCUT2D eigenvalue weighted by Crippen LogP contribution is 2.25. The summed E-state index contributed by atoms with van der Waals surface area (Å²) in [5, 5.41) is 5.57. The summed E-state index contributed by atoms with van der Waals surface area (Å²) in [5.41, 5.74) is 4.94. The molecule has 5 aromatic rings. The zero-order valence-electron chi connectivity index (χ0n) is 15.6. The molecule has 2 aromatic carbocycles. The quantitative estimate of drug-likeness (QED) is 0.429. The molecule has 0 bridgehead atoms. The third-order valence-corrected chi connectivity index (χ3v) is 4.74. The Bertz CT molecular complexity index is 1250. The molecule has 5 heteroatoms. The number of hydrogen-bond donors (Lipinski definition) is 0. The first-order valence-electron chi connectivity index (χ1n) is 9.39. The predicted octanol–water partition coefficient (Wildman–Crippen LogP) is 5.06. The van der Waals surface area contributed by atoms with Crippen molar-refractivity contribution in [2.45, 2.75) is 6.61 Å². The summed E-state index contributed by atoms with van der Waals surface area (Å²) in [6.45, 7) is 0.430. The van der Waals surface area contributed by atoms with E-state index in [1.165, 1.54) is 0 Å². The molecule has 0 amide bonds. The maximum absolute atomic E-state index is 5.94. The van der Waals surface area contributed by atoms with Gasteiger partial charge in [-0.15, -0.1) is 0 Å². The molecular formula is C24H18N4O. The van der Waals surface area contributed by atoms with Gasteiger partial charge in [0, 0.05) is 23.3 Å². The van der Waals surface area contributed by atoms with Gasteiger partial charge in [0.05, 0.1) is 28.8 Å². The van der Waals surface area contributed by atoms with E-state index in [0.29, 0.717) is 6.61 Å². The van der Waals surface area contributed by atoms with Gasteiger partial charge in [0.15, 0.2) is 0 Å². The van der Waals surface area contributed by atoms with Crippen LogP contribution in [0.25, 0.3) is 27.8 Å². The van der Waals surface area contributed by atoms with Crippen molar-refractivity contribution < 1.29 is 4.74 Å². The van der Waals surface area contributed by atoms with Crippen LogP contribution in [0.2, 0.25) is 0 Å². The zero-order chi connectivity index (χ0) is 19.5. The highest BCUT2D eigenvalue weighted by molar-refractivity contribution is 5.78. The minimum atomic E-state index is 0.430. The standard InChI is InChI=1S/C24H18N4O/c1-2-4-23-18(3-1)5-8-20(27-23)17-29-22-9-6-19(7-10-22)24-13-16-26-28(24)21-11-14-25-15-12-21/h1-16H,17H2. The zero-order valence-corrected chi connectivity index (χ0v) is 15.6. The van der Waals surface area contributed by atoms with Gasteiger partial charge in [0.1, 0.15) is 12.4 Å². The summed E-state index contributed by atoms with van der Waals surface area (Å²) < 4.78 is 7.83. The van der Waals surface area contributed by atoms with E-state index < -0.39 is 0 Å². The lowest BCUT2D eigenvalue weighted by molar-refractivity contribution is 0.302. The second-order valence-corrected chi connectivity index (χ2v) is 6.64. The summed E-state index contributed by atoms with van der Waals surface area (Å²) in [7, 11) is 0. The molecule has 0 fully saturated rings. The van der Waals surface area contributed by atoms with Gasteiger partial charge < -0.3 is 4.74 Å². The number of benzene rings is 2. The number of nitrogens with zero attached hydrogens (tertiary/aromatic N) is 4. The predicted molar refractivity (Wildman–Crippen MR) is 113 cm³/mol. The van der Waals surface area contributed by atoms with Crippen molar-refractivity contribution in [3.63, 3.8) is 0 Å². The Kier molecular flexibility index (Phi) is 4.47. The molecule has 5 rings (SSSR count). The van der Waals surface area contributed by atoms with Crippen molar-refractivity contribution in [1.29, 1.82) is 0 Å². The van der Waals surface area contributed by atoms with Crippen LogP contribution in [0.5, 0.6) is 5.75 Å². The van der Waals surface area contributed by atoms with Crippen molar-refractivity contribution >= 4 is 10.9 Å². The molecule has 0 aliphatic carbocycles. The van der Waals surface area contributed by atoms with Crippen molar-refractivity contribution in [3.8, 4) is 22.7 Å². The molecule has 0 spiro atoms. The smallest absolute Gasteiger partial charge is 0.130 e. The number of fused-ring (bicyclic) bond motifs is 1. The highest BCUT2D eigenvalue weighted by Gasteiger charge is 2.08. The number of aromatic nitrogens is 4. The summed E-state index contributed by atoms with van der Waals surface area (Å²) in [6, 6.07) is 26.1. The third-order valence-electron chi connectivity index (χ3n) is 4.74. The van der Waals surface area contributed by atoms with Crippen molar-refractivity contribution in [2.75, 3.05) is 0 Å². The van der Waals surface area contributed by atoms with Crippen LogP contribution in [0.1, 0.15) is 5.69 Å². The molecule has 3 heterocycles. The Hall–Kier alpha value is -3.99. The van der Waals surface area contributed by atoms with Crippen LogP contribution in [-0.4, -0.2) is 19.7 Å². The van der Waals surface area contributed by atoms with Crippen LogP contribution in [0.3, 0.4) is 0 Å². The SMILES string of the molecule is c1ccc2nc(COc3ccc(-c4ccnn4-c4ccncc4)cc3)ccc2c1. The van der Waals surface area contributed by atoms with Crippen molar-refractivity contribution in [3.05, 3.63) is 103 Å². The molecule has 29 heavy (non-hydrogen) atoms. The van der Waals surface area contributed by atoms with E-state index in [0.717, 1.165) is 39.3 Å². The van der Waals surface area contributed by atoms with Crippen LogP contribution in [0.15, 0.2) is 97.5 Å². The van der Waals surface area contributed by atoms with Gasteiger partial charge in [0.25, 0.3) is 0 Å². The van der Waals surface area contributed by atoms with Gasteiger partial charge in [-0.3, -0.25) is 4.98 Å². The normalized spacial score (nSPS) is 10.9. The van der Waals surface area contributed by atoms with Gasteiger partial charge in [-0.05, 0) is 54.6 Å². The average Bonchev–Trinajstić information content (AvgIpc) is 3.28. The number of para-hydroxylation sites is 1. The van der Waals surface area contributed by atoms with Crippen molar-refractivity contribution in [1.82, 2.24) is 19.7 Å². The number of hydrogen-bond acceptors (Lipinski definition) is 4. The first-order valence-corrected chi connectivity index (χ1v) is 9.39. The lowest BCUT2D eigenvalue weighted by Crippen LogP contribution is -2.00. The van der Waals surface area contributed by atoms with E-state index in [2.05, 4.69) is 27.2 Å². The summed E-state index contributed by atoms with van der Waals surface area (Å²) in [5.74, 6) is 0.804. The molecular weight excluding hydrogens is 360 g/mol. The minimum Gasteiger partial charge on any atom is -0.487 e. The van der Waals surface area contributed by atoms with E-state index in [4.69, 9.17) is 4.74 Å². The first kappa shape index (κ1) is 17.1. The summed E-state index contributed by atoms with van der Waals surface area (Å²) in [4.78, 5) is 8.72. The molecule has 0 radical (unpaired) electrons. The van der Waals surface area contributed by atoms with E-state index >= 15 is 0 Å². The van der Waals surface area contributed by atoms with Crippen LogP contribution in [-0.2, 0) is 6.61 Å². The Balaban J connectivity index is 1.32. The maximum Gasteiger partial charge on any atom is 0.130 e. The second kappa shape index (κ2) is 7.56. The van der Waals surface area contributed by atoms with Gasteiger partial charge in [-0.25, -0.2) is 9.67 Å². The second-order valence-electron chi connectivity index (χ2n) is 6.64. The largest absolute Gasteiger partial charge is 0.487 e. The lowest BCUT2D eigenvalue weighted by atomic mass is 10.1. The fourth-order valence-corrected chi connectivity index (χ4v) is 3.28. The maximum atomic E-state index is 5.94. The molecule has 3 aromatic heterocycles. The third kappa shape index (κ3) is 3.58. The van der Waals surface area contributed by atoms with Crippen molar-refractivity contribution in [2.24, 2.45) is 0 Å². The molecule has 0 unspecified atom stereocenters. The Morgan fingerprint density at radius 2 is 1.59 bits per heavy atom. The molecule has 0 N–H and O–H groups in total. The lowest BCUT2D eigenvalue weighted by Gasteiger charge is -2.09. The van der Waals surface area contributed by atoms with Crippen LogP contribution in [0, 0.1) is 0 Å². The van der Waals surface area contributed by atoms with Crippen LogP contribution < -0.4 is 4.74 Å². The minimum absolute atomic E-state index is 0.430. The summed E-state index contributed by atoms with van der Waals surface area (Å²) >= 11 is 0. The Morgan fingerprint density at radius 3 is 2.45 bits per heavy atom. The number of pyridine rings is 2. The molecule has 0 aliphatic rings. The molecule has 0 atom stereocenters. The Labute approximate surface area is 168 Å². The van der Waals surface area contributed by atoms with Gasteiger partial charge in [-0.2, -0.15) is 5.10 Å². The van der Waals surface area contributed by atoms with Gasteiger partial charge in [0.2, 0.25) is 0 Å². The van der Waals surface area contributed by atoms with Crippen LogP contribution in [0.4, 0.5) is 0 Å². The molecule has 0 saturated carbocycles. The summed E-state index contributed by atoms with van der Waals surface area (Å²) in [6.07, 6.45) is 5.32. The average molecular weight is 378 g/mol. The number of rotatable bonds is 5. The van der Waals surface area contributed by atoms with Gasteiger partial charge >= 0.3 is 0 Å². The van der Waals surface area contributed by atoms with E-state index in [1.807, 2.05) is 71.4 Å². The topological polar surface area (TPSA) is 52.8 Å². The fourth-order valence-electron chi connectivity index (χ4n) is 3.28.